The molecule has 68 valence electrons. The molecule has 2 aromatic rings. The summed E-state index contributed by atoms with van der Waals surface area (Å²) < 4.78 is 0.898. The Morgan fingerprint density at radius 1 is 1.50 bits per heavy atom. The van der Waals surface area contributed by atoms with E-state index in [1.807, 2.05) is 0 Å². The van der Waals surface area contributed by atoms with Crippen molar-refractivity contribution in [3.05, 3.63) is 28.6 Å². The summed E-state index contributed by atoms with van der Waals surface area (Å²) >= 11 is 5.63. The summed E-state index contributed by atoms with van der Waals surface area (Å²) in [6.07, 6.45) is 0.791. The van der Waals surface area contributed by atoms with Crippen molar-refractivity contribution < 1.29 is 4.79 Å². The van der Waals surface area contributed by atoms with Gasteiger partial charge in [-0.3, -0.25) is 4.79 Å². The lowest BCUT2D eigenvalue weighted by Gasteiger charge is -1.95. The average molecular weight is 219 g/mol. The maximum atomic E-state index is 10.6. The maximum Gasteiger partial charge on any atom is 0.160 e. The zero-order valence-electron chi connectivity index (χ0n) is 7.02. The Balaban J connectivity index is 2.89. The molecule has 0 radical (unpaired) electrons. The van der Waals surface area contributed by atoms with E-state index in [1.54, 1.807) is 18.2 Å². The normalized spacial score (nSPS) is 10.0. The van der Waals surface area contributed by atoms with Crippen LogP contribution in [0.2, 0.25) is 0 Å². The number of hydrogen-bond acceptors (Lipinski definition) is 4. The van der Waals surface area contributed by atoms with Crippen LogP contribution in [0, 0.1) is 11.3 Å². The molecule has 14 heavy (non-hydrogen) atoms. The van der Waals surface area contributed by atoms with Crippen molar-refractivity contribution in [1.82, 2.24) is 0 Å². The fourth-order valence-corrected chi connectivity index (χ4v) is 2.53. The van der Waals surface area contributed by atoms with Crippen molar-refractivity contribution in [1.29, 1.82) is 5.26 Å². The van der Waals surface area contributed by atoms with Crippen molar-refractivity contribution in [3.63, 3.8) is 0 Å². The molecule has 1 aromatic heterocycles. The van der Waals surface area contributed by atoms with Gasteiger partial charge in [-0.25, -0.2) is 0 Å². The number of fused-ring (bicyclic) bond motifs is 1. The number of benzene rings is 1. The minimum absolute atomic E-state index is 0.585. The summed E-state index contributed by atoms with van der Waals surface area (Å²) in [6, 6.07) is 7.31. The Hall–Kier alpha value is -1.31. The highest BCUT2D eigenvalue weighted by molar-refractivity contribution is 7.80. The van der Waals surface area contributed by atoms with Crippen LogP contribution in [0.25, 0.3) is 10.1 Å². The molecule has 0 bridgehead atoms. The average Bonchev–Trinajstić information content (AvgIpc) is 2.63. The lowest BCUT2D eigenvalue weighted by Crippen LogP contribution is -1.75. The summed E-state index contributed by atoms with van der Waals surface area (Å²) in [6.45, 7) is 0. The van der Waals surface area contributed by atoms with Crippen LogP contribution >= 0.6 is 24.0 Å². The van der Waals surface area contributed by atoms with Crippen LogP contribution in [0.1, 0.15) is 15.2 Å². The van der Waals surface area contributed by atoms with Crippen molar-refractivity contribution in [2.75, 3.05) is 0 Å². The van der Waals surface area contributed by atoms with Crippen LogP contribution in [0.3, 0.4) is 0 Å². The monoisotopic (exact) mass is 219 g/mol. The van der Waals surface area contributed by atoms with Gasteiger partial charge in [0.05, 0.1) is 16.5 Å². The first kappa shape index (κ1) is 9.25. The highest BCUT2D eigenvalue weighted by Crippen LogP contribution is 2.32. The summed E-state index contributed by atoms with van der Waals surface area (Å²) in [5.74, 6) is 0. The Bertz CT molecular complexity index is 551. The lowest BCUT2D eigenvalue weighted by atomic mass is 10.1. The van der Waals surface area contributed by atoms with Crippen LogP contribution in [-0.4, -0.2) is 6.29 Å². The van der Waals surface area contributed by atoms with Crippen LogP contribution in [0.5, 0.6) is 0 Å². The summed E-state index contributed by atoms with van der Waals surface area (Å²) in [5.41, 5.74) is 0.585. The maximum absolute atomic E-state index is 10.6. The van der Waals surface area contributed by atoms with Crippen LogP contribution in [0.15, 0.2) is 23.1 Å². The Labute approximate surface area is 90.2 Å². The van der Waals surface area contributed by atoms with Gasteiger partial charge in [-0.1, -0.05) is 0 Å². The SMILES string of the molecule is N#Cc1ccc(S)c2sc(C=O)cc12. The number of aldehydes is 1. The molecule has 1 aromatic carbocycles. The molecular formula is C10H5NOS2. The summed E-state index contributed by atoms with van der Waals surface area (Å²) in [4.78, 5) is 12.0. The molecule has 0 spiro atoms. The second kappa shape index (κ2) is 3.45. The van der Waals surface area contributed by atoms with Crippen LogP contribution in [0.4, 0.5) is 0 Å². The van der Waals surface area contributed by atoms with Gasteiger partial charge in [0.15, 0.2) is 6.29 Å². The molecule has 0 N–H and O–H groups in total. The Morgan fingerprint density at radius 3 is 2.93 bits per heavy atom. The molecular weight excluding hydrogens is 214 g/mol. The molecule has 0 fully saturated rings. The molecule has 0 aliphatic rings. The van der Waals surface area contributed by atoms with E-state index in [0.29, 0.717) is 10.4 Å². The van der Waals surface area contributed by atoms with Gasteiger partial charge in [-0.05, 0) is 18.2 Å². The minimum atomic E-state index is 0.585. The van der Waals surface area contributed by atoms with Crippen molar-refractivity contribution >= 4 is 40.3 Å². The smallest absolute Gasteiger partial charge is 0.160 e. The first-order valence-electron chi connectivity index (χ1n) is 3.87. The molecule has 0 unspecified atom stereocenters. The second-order valence-electron chi connectivity index (χ2n) is 2.75. The highest BCUT2D eigenvalue weighted by Gasteiger charge is 2.07. The van der Waals surface area contributed by atoms with Gasteiger partial charge in [-0.2, -0.15) is 5.26 Å². The van der Waals surface area contributed by atoms with Gasteiger partial charge in [0.1, 0.15) is 0 Å². The largest absolute Gasteiger partial charge is 0.297 e. The number of hydrogen-bond donors (Lipinski definition) is 1. The third-order valence-corrected chi connectivity index (χ3v) is 3.54. The molecule has 0 saturated carbocycles. The van der Waals surface area contributed by atoms with Crippen molar-refractivity contribution in [2.24, 2.45) is 0 Å². The number of thiol groups is 1. The summed E-state index contributed by atoms with van der Waals surface area (Å²) in [7, 11) is 0. The quantitative estimate of drug-likeness (QED) is 0.592. The number of thiophene rings is 1. The van der Waals surface area contributed by atoms with Gasteiger partial charge < -0.3 is 0 Å². The third kappa shape index (κ3) is 1.31. The van der Waals surface area contributed by atoms with E-state index in [0.717, 1.165) is 21.3 Å². The zero-order chi connectivity index (χ0) is 10.1. The fourth-order valence-electron chi connectivity index (χ4n) is 1.28. The van der Waals surface area contributed by atoms with E-state index < -0.39 is 0 Å². The number of carbonyl (C=O) groups is 1. The predicted octanol–water partition coefficient (Wildman–Crippen LogP) is 2.87. The van der Waals surface area contributed by atoms with Crippen molar-refractivity contribution in [3.8, 4) is 6.07 Å². The topological polar surface area (TPSA) is 40.9 Å². The number of nitriles is 1. The lowest BCUT2D eigenvalue weighted by molar-refractivity contribution is 0.112. The predicted molar refractivity (Wildman–Crippen MR) is 59.2 cm³/mol. The van der Waals surface area contributed by atoms with E-state index in [4.69, 9.17) is 5.26 Å². The van der Waals surface area contributed by atoms with Gasteiger partial charge in [0, 0.05) is 15.0 Å². The first-order chi connectivity index (χ1) is 6.76. The second-order valence-corrected chi connectivity index (χ2v) is 4.32. The van der Waals surface area contributed by atoms with Crippen LogP contribution < -0.4 is 0 Å². The van der Waals surface area contributed by atoms with E-state index >= 15 is 0 Å². The molecule has 0 aliphatic heterocycles. The molecule has 2 nitrogen and oxygen atoms in total. The van der Waals surface area contributed by atoms with Gasteiger partial charge in [-0.15, -0.1) is 24.0 Å². The zero-order valence-corrected chi connectivity index (χ0v) is 8.73. The standard InChI is InChI=1S/C10H5NOS2/c11-4-6-1-2-9(13)10-8(6)3-7(5-12)14-10/h1-3,5,13H. The molecule has 0 saturated heterocycles. The van der Waals surface area contributed by atoms with Crippen molar-refractivity contribution in [2.45, 2.75) is 4.90 Å². The Morgan fingerprint density at radius 2 is 2.29 bits per heavy atom. The molecule has 2 rings (SSSR count). The van der Waals surface area contributed by atoms with E-state index in [9.17, 15) is 4.79 Å². The summed E-state index contributed by atoms with van der Waals surface area (Å²) in [5, 5.41) is 9.66. The van der Waals surface area contributed by atoms with Gasteiger partial charge >= 0.3 is 0 Å². The number of rotatable bonds is 1. The van der Waals surface area contributed by atoms with E-state index in [2.05, 4.69) is 18.7 Å². The van der Waals surface area contributed by atoms with E-state index in [1.165, 1.54) is 11.3 Å². The highest BCUT2D eigenvalue weighted by atomic mass is 32.1. The fraction of sp³-hybridized carbons (Fsp3) is 0. The molecule has 1 heterocycles. The van der Waals surface area contributed by atoms with Gasteiger partial charge in [0.25, 0.3) is 0 Å². The van der Waals surface area contributed by atoms with Crippen LogP contribution in [-0.2, 0) is 0 Å². The van der Waals surface area contributed by atoms with Gasteiger partial charge in [0.2, 0.25) is 0 Å². The first-order valence-corrected chi connectivity index (χ1v) is 5.13. The molecule has 0 amide bonds. The number of carbonyl (C=O) groups excluding carboxylic acids is 1. The molecule has 0 atom stereocenters. The minimum Gasteiger partial charge on any atom is -0.297 e. The van der Waals surface area contributed by atoms with E-state index in [-0.39, 0.29) is 0 Å². The molecule has 4 heteroatoms. The molecule has 0 aliphatic carbocycles. The third-order valence-electron chi connectivity index (χ3n) is 1.92. The Kier molecular flexibility index (Phi) is 2.28. The number of nitrogens with zero attached hydrogens (tertiary/aromatic N) is 1.